The van der Waals surface area contributed by atoms with E-state index in [0.29, 0.717) is 19.8 Å². The fraction of sp³-hybridized carbons (Fsp3) is 0.625. The van der Waals surface area contributed by atoms with Crippen molar-refractivity contribution in [3.63, 3.8) is 0 Å². The molecule has 1 aliphatic rings. The minimum atomic E-state index is -0.263. The molecule has 0 spiro atoms. The Hall–Kier alpha value is -0.970. The van der Waals surface area contributed by atoms with Gasteiger partial charge in [-0.25, -0.2) is 4.39 Å². The van der Waals surface area contributed by atoms with E-state index < -0.39 is 0 Å². The van der Waals surface area contributed by atoms with Crippen molar-refractivity contribution in [2.45, 2.75) is 38.3 Å². The number of halogens is 1. The van der Waals surface area contributed by atoms with E-state index in [1.807, 2.05) is 19.1 Å². The molecular weight excluding hydrogens is 257 g/mol. The van der Waals surface area contributed by atoms with Gasteiger partial charge in [-0.2, -0.15) is 0 Å². The molecule has 1 aromatic rings. The Morgan fingerprint density at radius 1 is 1.25 bits per heavy atom. The van der Waals surface area contributed by atoms with E-state index in [1.165, 1.54) is 12.1 Å². The first-order chi connectivity index (χ1) is 9.72. The fourth-order valence-corrected chi connectivity index (χ4v) is 2.99. The number of likely N-dealkylation sites (N-methyl/N-ethyl adjacent to an activating group) is 1. The highest BCUT2D eigenvalue weighted by Crippen LogP contribution is 2.37. The Bertz CT molecular complexity index is 396. The molecule has 4 heteroatoms. The van der Waals surface area contributed by atoms with E-state index in [4.69, 9.17) is 9.47 Å². The van der Waals surface area contributed by atoms with E-state index in [0.717, 1.165) is 24.9 Å². The second-order valence-corrected chi connectivity index (χ2v) is 5.15. The van der Waals surface area contributed by atoms with Crippen LogP contribution in [0.4, 0.5) is 4.39 Å². The summed E-state index contributed by atoms with van der Waals surface area (Å²) in [6.07, 6.45) is 1.71. The lowest BCUT2D eigenvalue weighted by Crippen LogP contribution is -2.50. The molecule has 2 rings (SSSR count). The molecule has 0 radical (unpaired) electrons. The van der Waals surface area contributed by atoms with Gasteiger partial charge in [-0.15, -0.1) is 0 Å². The van der Waals surface area contributed by atoms with Crippen LogP contribution in [-0.2, 0) is 9.47 Å². The third-order valence-corrected chi connectivity index (χ3v) is 3.91. The van der Waals surface area contributed by atoms with E-state index in [-0.39, 0.29) is 17.5 Å². The summed E-state index contributed by atoms with van der Waals surface area (Å²) in [6, 6.07) is 6.78. The first-order valence-electron chi connectivity index (χ1n) is 7.42. The summed E-state index contributed by atoms with van der Waals surface area (Å²) in [7, 11) is 0. The molecule has 0 amide bonds. The Balaban J connectivity index is 2.30. The van der Waals surface area contributed by atoms with Crippen LogP contribution in [0, 0.1) is 5.82 Å². The first-order valence-corrected chi connectivity index (χ1v) is 7.42. The van der Waals surface area contributed by atoms with Gasteiger partial charge in [-0.3, -0.25) is 0 Å². The summed E-state index contributed by atoms with van der Waals surface area (Å²) in [5.41, 5.74) is 0.810. The van der Waals surface area contributed by atoms with Crippen LogP contribution in [0.2, 0.25) is 0 Å². The molecule has 1 fully saturated rings. The molecule has 112 valence electrons. The summed E-state index contributed by atoms with van der Waals surface area (Å²) in [5, 5.41) is 3.51. The van der Waals surface area contributed by atoms with Crippen LogP contribution in [0.1, 0.15) is 38.3 Å². The van der Waals surface area contributed by atoms with Crippen molar-refractivity contribution >= 4 is 0 Å². The summed E-state index contributed by atoms with van der Waals surface area (Å²) >= 11 is 0. The molecule has 20 heavy (non-hydrogen) atoms. The van der Waals surface area contributed by atoms with E-state index >= 15 is 0 Å². The molecule has 0 aliphatic carbocycles. The lowest BCUT2D eigenvalue weighted by Gasteiger charge is -2.43. The van der Waals surface area contributed by atoms with Gasteiger partial charge in [-0.05, 0) is 31.2 Å². The largest absolute Gasteiger partial charge is 0.381 e. The Morgan fingerprint density at radius 3 is 2.45 bits per heavy atom. The smallest absolute Gasteiger partial charge is 0.123 e. The standard InChI is InChI=1S/C16H24FNO2/c1-3-18-15(13-5-7-14(17)8-6-13)16(20-4-2)9-11-19-12-10-16/h5-8,15,18H,3-4,9-12H2,1-2H3. The van der Waals surface area contributed by atoms with Gasteiger partial charge in [0.25, 0.3) is 0 Å². The topological polar surface area (TPSA) is 30.5 Å². The maximum absolute atomic E-state index is 13.2. The molecule has 1 N–H and O–H groups in total. The highest BCUT2D eigenvalue weighted by molar-refractivity contribution is 5.23. The van der Waals surface area contributed by atoms with Gasteiger partial charge in [-0.1, -0.05) is 19.1 Å². The van der Waals surface area contributed by atoms with Gasteiger partial charge in [0.05, 0.1) is 11.6 Å². The Morgan fingerprint density at radius 2 is 1.90 bits per heavy atom. The first kappa shape index (κ1) is 15.4. The van der Waals surface area contributed by atoms with Crippen LogP contribution in [0.3, 0.4) is 0 Å². The normalized spacial score (nSPS) is 19.8. The third kappa shape index (κ3) is 3.37. The number of hydrogen-bond donors (Lipinski definition) is 1. The molecule has 0 bridgehead atoms. The minimum Gasteiger partial charge on any atom is -0.381 e. The third-order valence-electron chi connectivity index (χ3n) is 3.91. The van der Waals surface area contributed by atoms with Crippen molar-refractivity contribution in [2.24, 2.45) is 0 Å². The van der Waals surface area contributed by atoms with Crippen LogP contribution in [0.15, 0.2) is 24.3 Å². The van der Waals surface area contributed by atoms with Gasteiger partial charge in [0.1, 0.15) is 5.82 Å². The number of hydrogen-bond acceptors (Lipinski definition) is 3. The van der Waals surface area contributed by atoms with E-state index in [2.05, 4.69) is 12.2 Å². The highest BCUT2D eigenvalue weighted by Gasteiger charge is 2.41. The Kier molecular flexibility index (Phi) is 5.52. The van der Waals surface area contributed by atoms with Crippen LogP contribution >= 0.6 is 0 Å². The number of benzene rings is 1. The average molecular weight is 281 g/mol. The van der Waals surface area contributed by atoms with E-state index in [9.17, 15) is 4.39 Å². The van der Waals surface area contributed by atoms with Gasteiger partial charge >= 0.3 is 0 Å². The monoisotopic (exact) mass is 281 g/mol. The maximum Gasteiger partial charge on any atom is 0.123 e. The molecule has 1 aromatic carbocycles. The van der Waals surface area contributed by atoms with Crippen LogP contribution in [0.25, 0.3) is 0 Å². The summed E-state index contributed by atoms with van der Waals surface area (Å²) in [4.78, 5) is 0. The number of nitrogens with one attached hydrogen (secondary N) is 1. The van der Waals surface area contributed by atoms with Crippen molar-refractivity contribution < 1.29 is 13.9 Å². The van der Waals surface area contributed by atoms with Crippen LogP contribution in [-0.4, -0.2) is 32.0 Å². The molecular formula is C16H24FNO2. The number of ether oxygens (including phenoxy) is 2. The second-order valence-electron chi connectivity index (χ2n) is 5.15. The summed E-state index contributed by atoms with van der Waals surface area (Å²) in [5.74, 6) is -0.207. The highest BCUT2D eigenvalue weighted by atomic mass is 19.1. The van der Waals surface area contributed by atoms with E-state index in [1.54, 1.807) is 0 Å². The van der Waals surface area contributed by atoms with Gasteiger partial charge in [0.15, 0.2) is 0 Å². The fourth-order valence-electron chi connectivity index (χ4n) is 2.99. The van der Waals surface area contributed by atoms with Crippen molar-refractivity contribution in [1.29, 1.82) is 0 Å². The zero-order chi connectivity index (χ0) is 14.4. The quantitative estimate of drug-likeness (QED) is 0.869. The van der Waals surface area contributed by atoms with Crippen molar-refractivity contribution in [3.05, 3.63) is 35.6 Å². The maximum atomic E-state index is 13.2. The molecule has 1 unspecified atom stereocenters. The van der Waals surface area contributed by atoms with Crippen molar-refractivity contribution in [2.75, 3.05) is 26.4 Å². The molecule has 0 saturated carbocycles. The molecule has 3 nitrogen and oxygen atoms in total. The summed E-state index contributed by atoms with van der Waals surface area (Å²) in [6.45, 7) is 7.04. The SMILES string of the molecule is CCNC(c1ccc(F)cc1)C1(OCC)CCOCC1. The zero-order valence-electron chi connectivity index (χ0n) is 12.3. The zero-order valence-corrected chi connectivity index (χ0v) is 12.3. The Labute approximate surface area is 120 Å². The lowest BCUT2D eigenvalue weighted by atomic mass is 9.82. The second kappa shape index (κ2) is 7.16. The van der Waals surface area contributed by atoms with Gasteiger partial charge in [0, 0.05) is 32.7 Å². The van der Waals surface area contributed by atoms with Crippen molar-refractivity contribution in [3.8, 4) is 0 Å². The molecule has 1 heterocycles. The summed E-state index contributed by atoms with van der Waals surface area (Å²) < 4.78 is 24.8. The van der Waals surface area contributed by atoms with Crippen molar-refractivity contribution in [1.82, 2.24) is 5.32 Å². The lowest BCUT2D eigenvalue weighted by molar-refractivity contribution is -0.127. The predicted molar refractivity (Wildman–Crippen MR) is 77.2 cm³/mol. The van der Waals surface area contributed by atoms with Gasteiger partial charge < -0.3 is 14.8 Å². The van der Waals surface area contributed by atoms with Crippen LogP contribution in [0.5, 0.6) is 0 Å². The molecule has 0 aromatic heterocycles. The van der Waals surface area contributed by atoms with Crippen LogP contribution < -0.4 is 5.32 Å². The molecule has 1 atom stereocenters. The minimum absolute atomic E-state index is 0.0666. The van der Waals surface area contributed by atoms with Gasteiger partial charge in [0.2, 0.25) is 0 Å². The predicted octanol–water partition coefficient (Wildman–Crippen LogP) is 3.06. The average Bonchev–Trinajstić information content (AvgIpc) is 2.47. The molecule has 1 aliphatic heterocycles. The number of rotatable bonds is 6. The molecule has 1 saturated heterocycles.